The molecule has 0 aliphatic carbocycles. The van der Waals surface area contributed by atoms with Crippen LogP contribution in [0, 0.1) is 0 Å². The number of nitrogens with zero attached hydrogens (tertiary/aromatic N) is 3. The van der Waals surface area contributed by atoms with Crippen molar-refractivity contribution in [2.75, 3.05) is 20.1 Å². The topological polar surface area (TPSA) is 36.4 Å². The van der Waals surface area contributed by atoms with Crippen LogP contribution in [-0.2, 0) is 11.2 Å². The molecule has 0 spiro atoms. The molecule has 0 aromatic carbocycles. The normalized spacial score (nSPS) is 27.5. The molecule has 2 fully saturated rings. The summed E-state index contributed by atoms with van der Waals surface area (Å²) >= 11 is 0. The van der Waals surface area contributed by atoms with Crippen LogP contribution >= 0.6 is 0 Å². The van der Waals surface area contributed by atoms with E-state index in [2.05, 4.69) is 21.8 Å². The molecule has 4 nitrogen and oxygen atoms in total. The summed E-state index contributed by atoms with van der Waals surface area (Å²) < 4.78 is 0. The van der Waals surface area contributed by atoms with E-state index in [0.29, 0.717) is 18.5 Å². The van der Waals surface area contributed by atoms with Crippen LogP contribution in [0.5, 0.6) is 0 Å². The Morgan fingerprint density at radius 3 is 2.94 bits per heavy atom. The number of likely N-dealkylation sites (N-methyl/N-ethyl adjacent to an activating group) is 1. The van der Waals surface area contributed by atoms with Crippen molar-refractivity contribution in [3.8, 4) is 0 Å². The van der Waals surface area contributed by atoms with E-state index in [1.165, 1.54) is 0 Å². The van der Waals surface area contributed by atoms with Crippen LogP contribution in [0.15, 0.2) is 24.4 Å². The van der Waals surface area contributed by atoms with Gasteiger partial charge in [-0.1, -0.05) is 6.07 Å². The Hall–Kier alpha value is -1.42. The minimum Gasteiger partial charge on any atom is -0.338 e. The van der Waals surface area contributed by atoms with Crippen LogP contribution in [0.4, 0.5) is 0 Å². The average molecular weight is 245 g/mol. The monoisotopic (exact) mass is 245 g/mol. The Balaban J connectivity index is 1.67. The SMILES string of the molecule is CN1CC[C@@H]2[C@H]1CCN2C(=O)Cc1ccccn1. The molecule has 2 aliphatic heterocycles. The molecule has 1 aromatic heterocycles. The molecular weight excluding hydrogens is 226 g/mol. The Morgan fingerprint density at radius 2 is 2.17 bits per heavy atom. The van der Waals surface area contributed by atoms with E-state index >= 15 is 0 Å². The molecule has 18 heavy (non-hydrogen) atoms. The van der Waals surface area contributed by atoms with Crippen molar-refractivity contribution in [2.24, 2.45) is 0 Å². The number of pyridine rings is 1. The van der Waals surface area contributed by atoms with Crippen molar-refractivity contribution >= 4 is 5.91 Å². The summed E-state index contributed by atoms with van der Waals surface area (Å²) in [6.45, 7) is 2.02. The van der Waals surface area contributed by atoms with Crippen LogP contribution in [0.2, 0.25) is 0 Å². The maximum Gasteiger partial charge on any atom is 0.228 e. The summed E-state index contributed by atoms with van der Waals surface area (Å²) in [5, 5.41) is 0. The smallest absolute Gasteiger partial charge is 0.228 e. The zero-order valence-electron chi connectivity index (χ0n) is 10.7. The van der Waals surface area contributed by atoms with E-state index in [-0.39, 0.29) is 5.91 Å². The molecule has 1 aromatic rings. The number of rotatable bonds is 2. The fraction of sp³-hybridized carbons (Fsp3) is 0.571. The van der Waals surface area contributed by atoms with Gasteiger partial charge in [0.1, 0.15) is 0 Å². The number of carbonyl (C=O) groups is 1. The first kappa shape index (κ1) is 11.7. The fourth-order valence-electron chi connectivity index (χ4n) is 3.27. The third kappa shape index (κ3) is 2.01. The lowest BCUT2D eigenvalue weighted by Gasteiger charge is -2.24. The van der Waals surface area contributed by atoms with Crippen molar-refractivity contribution in [3.63, 3.8) is 0 Å². The molecule has 0 saturated carbocycles. The maximum absolute atomic E-state index is 12.3. The number of hydrogen-bond donors (Lipinski definition) is 0. The first-order valence-electron chi connectivity index (χ1n) is 6.65. The molecule has 0 bridgehead atoms. The number of likely N-dealkylation sites (tertiary alicyclic amines) is 2. The summed E-state index contributed by atoms with van der Waals surface area (Å²) in [5.41, 5.74) is 0.873. The predicted octanol–water partition coefficient (Wildman–Crippen LogP) is 0.929. The molecule has 4 heteroatoms. The van der Waals surface area contributed by atoms with Gasteiger partial charge in [-0.25, -0.2) is 0 Å². The van der Waals surface area contributed by atoms with Crippen molar-refractivity contribution in [2.45, 2.75) is 31.3 Å². The number of fused-ring (bicyclic) bond motifs is 1. The molecule has 3 rings (SSSR count). The Bertz CT molecular complexity index is 434. The largest absolute Gasteiger partial charge is 0.338 e. The second-order valence-corrected chi connectivity index (χ2v) is 5.28. The summed E-state index contributed by atoms with van der Waals surface area (Å²) in [6.07, 6.45) is 4.43. The van der Waals surface area contributed by atoms with Gasteiger partial charge in [-0.05, 0) is 32.0 Å². The van der Waals surface area contributed by atoms with Gasteiger partial charge in [0.25, 0.3) is 0 Å². The van der Waals surface area contributed by atoms with Gasteiger partial charge >= 0.3 is 0 Å². The first-order chi connectivity index (χ1) is 8.75. The number of aromatic nitrogens is 1. The predicted molar refractivity (Wildman–Crippen MR) is 69.1 cm³/mol. The zero-order valence-corrected chi connectivity index (χ0v) is 10.7. The van der Waals surface area contributed by atoms with E-state index in [1.807, 2.05) is 18.2 Å². The molecule has 2 atom stereocenters. The molecule has 3 heterocycles. The van der Waals surface area contributed by atoms with Gasteiger partial charge in [0.05, 0.1) is 6.42 Å². The van der Waals surface area contributed by atoms with Crippen molar-refractivity contribution < 1.29 is 4.79 Å². The average Bonchev–Trinajstić information content (AvgIpc) is 2.94. The highest BCUT2D eigenvalue weighted by Crippen LogP contribution is 2.30. The van der Waals surface area contributed by atoms with E-state index in [4.69, 9.17) is 0 Å². The number of hydrogen-bond acceptors (Lipinski definition) is 3. The van der Waals surface area contributed by atoms with Gasteiger partial charge in [-0.2, -0.15) is 0 Å². The third-order valence-electron chi connectivity index (χ3n) is 4.23. The molecule has 0 N–H and O–H groups in total. The molecule has 2 saturated heterocycles. The summed E-state index contributed by atoms with van der Waals surface area (Å²) in [6, 6.07) is 6.76. The first-order valence-corrected chi connectivity index (χ1v) is 6.65. The highest BCUT2D eigenvalue weighted by atomic mass is 16.2. The molecule has 2 aliphatic rings. The van der Waals surface area contributed by atoms with Crippen molar-refractivity contribution in [1.29, 1.82) is 0 Å². The van der Waals surface area contributed by atoms with E-state index in [1.54, 1.807) is 6.20 Å². The number of amides is 1. The van der Waals surface area contributed by atoms with Crippen LogP contribution in [-0.4, -0.2) is 52.9 Å². The van der Waals surface area contributed by atoms with E-state index in [0.717, 1.165) is 31.6 Å². The van der Waals surface area contributed by atoms with Crippen molar-refractivity contribution in [1.82, 2.24) is 14.8 Å². The second kappa shape index (κ2) is 4.69. The lowest BCUT2D eigenvalue weighted by atomic mass is 10.1. The van der Waals surface area contributed by atoms with E-state index in [9.17, 15) is 4.79 Å². The van der Waals surface area contributed by atoms with Crippen LogP contribution in [0.25, 0.3) is 0 Å². The second-order valence-electron chi connectivity index (χ2n) is 5.28. The van der Waals surface area contributed by atoms with Gasteiger partial charge in [0.15, 0.2) is 0 Å². The third-order valence-corrected chi connectivity index (χ3v) is 4.23. The van der Waals surface area contributed by atoms with Gasteiger partial charge in [0.2, 0.25) is 5.91 Å². The minimum atomic E-state index is 0.233. The standard InChI is InChI=1S/C14H19N3O/c1-16-8-5-13-12(16)6-9-17(13)14(18)10-11-4-2-3-7-15-11/h2-4,7,12-13H,5-6,8-10H2,1H3/t12-,13-/m1/s1. The Kier molecular flexibility index (Phi) is 3.04. The molecule has 1 amide bonds. The fourth-order valence-corrected chi connectivity index (χ4v) is 3.27. The summed E-state index contributed by atoms with van der Waals surface area (Å²) in [5.74, 6) is 0.233. The van der Waals surface area contributed by atoms with Gasteiger partial charge in [-0.3, -0.25) is 9.78 Å². The summed E-state index contributed by atoms with van der Waals surface area (Å²) in [4.78, 5) is 21.0. The van der Waals surface area contributed by atoms with Gasteiger partial charge in [0, 0.05) is 37.1 Å². The highest BCUT2D eigenvalue weighted by Gasteiger charge is 2.42. The van der Waals surface area contributed by atoms with Gasteiger partial charge in [-0.15, -0.1) is 0 Å². The Morgan fingerprint density at radius 1 is 1.33 bits per heavy atom. The van der Waals surface area contributed by atoms with Crippen molar-refractivity contribution in [3.05, 3.63) is 30.1 Å². The summed E-state index contributed by atoms with van der Waals surface area (Å²) in [7, 11) is 2.16. The lowest BCUT2D eigenvalue weighted by Crippen LogP contribution is -2.39. The lowest BCUT2D eigenvalue weighted by molar-refractivity contribution is -0.131. The van der Waals surface area contributed by atoms with E-state index < -0.39 is 0 Å². The molecular formula is C14H19N3O. The Labute approximate surface area is 108 Å². The maximum atomic E-state index is 12.3. The highest BCUT2D eigenvalue weighted by molar-refractivity contribution is 5.79. The molecule has 96 valence electrons. The molecule has 0 unspecified atom stereocenters. The van der Waals surface area contributed by atoms with Crippen LogP contribution in [0.1, 0.15) is 18.5 Å². The van der Waals surface area contributed by atoms with Crippen LogP contribution in [0.3, 0.4) is 0 Å². The van der Waals surface area contributed by atoms with Gasteiger partial charge < -0.3 is 9.80 Å². The number of carbonyl (C=O) groups excluding carboxylic acids is 1. The quantitative estimate of drug-likeness (QED) is 0.777. The minimum absolute atomic E-state index is 0.233. The zero-order chi connectivity index (χ0) is 12.5. The molecule has 0 radical (unpaired) electrons. The van der Waals surface area contributed by atoms with Crippen LogP contribution < -0.4 is 0 Å².